The molecule has 14 heavy (non-hydrogen) atoms. The fourth-order valence-electron chi connectivity index (χ4n) is 1.11. The minimum atomic E-state index is -0.287. The summed E-state index contributed by atoms with van der Waals surface area (Å²) in [6, 6.07) is 1.59. The highest BCUT2D eigenvalue weighted by atomic mass is 32.1. The van der Waals surface area contributed by atoms with E-state index in [2.05, 4.69) is 20.4 Å². The number of aromatic amines is 2. The van der Waals surface area contributed by atoms with Gasteiger partial charge in [0.15, 0.2) is 10.6 Å². The van der Waals surface area contributed by atoms with Crippen molar-refractivity contribution >= 4 is 12.2 Å². The molecule has 0 amide bonds. The van der Waals surface area contributed by atoms with Gasteiger partial charge in [-0.1, -0.05) is 0 Å². The number of H-pyrrole nitrogens is 2. The number of hydrogen-bond acceptors (Lipinski definition) is 4. The van der Waals surface area contributed by atoms with Gasteiger partial charge in [0, 0.05) is 13.2 Å². The van der Waals surface area contributed by atoms with E-state index in [0.29, 0.717) is 16.2 Å². The fraction of sp³-hybridized carbons (Fsp3) is 0.143. The van der Waals surface area contributed by atoms with Crippen LogP contribution in [0.25, 0.3) is 11.4 Å². The lowest BCUT2D eigenvalue weighted by Gasteiger charge is -1.97. The average Bonchev–Trinajstić information content (AvgIpc) is 2.49. The molecule has 2 heterocycles. The maximum absolute atomic E-state index is 11.4. The van der Waals surface area contributed by atoms with Crippen molar-refractivity contribution in [3.8, 4) is 11.4 Å². The summed E-state index contributed by atoms with van der Waals surface area (Å²) in [6.45, 7) is 0. The van der Waals surface area contributed by atoms with E-state index >= 15 is 0 Å². The van der Waals surface area contributed by atoms with E-state index in [1.54, 1.807) is 17.7 Å². The zero-order valence-corrected chi connectivity index (χ0v) is 8.13. The molecule has 6 nitrogen and oxygen atoms in total. The maximum Gasteiger partial charge on any atom is 0.275 e. The number of hydrogen-bond donors (Lipinski definition) is 2. The summed E-state index contributed by atoms with van der Waals surface area (Å²) in [5.74, 6) is 0.499. The van der Waals surface area contributed by atoms with E-state index < -0.39 is 0 Å². The lowest BCUT2D eigenvalue weighted by atomic mass is 10.3. The predicted octanol–water partition coefficient (Wildman–Crippen LogP) is 0.228. The van der Waals surface area contributed by atoms with Crippen molar-refractivity contribution in [3.05, 3.63) is 27.4 Å². The van der Waals surface area contributed by atoms with E-state index in [1.807, 2.05) is 0 Å². The van der Waals surface area contributed by atoms with Gasteiger partial charge >= 0.3 is 0 Å². The van der Waals surface area contributed by atoms with Crippen LogP contribution in [0.1, 0.15) is 0 Å². The smallest absolute Gasteiger partial charge is 0.275 e. The Labute approximate surface area is 83.6 Å². The molecule has 2 aromatic heterocycles. The van der Waals surface area contributed by atoms with Crippen LogP contribution in [0.15, 0.2) is 17.1 Å². The summed E-state index contributed by atoms with van der Waals surface area (Å²) in [5, 5.41) is 12.5. The second-order valence-electron chi connectivity index (χ2n) is 2.71. The minimum Gasteiger partial charge on any atom is -0.303 e. The predicted molar refractivity (Wildman–Crippen MR) is 52.2 cm³/mol. The zero-order chi connectivity index (χ0) is 10.1. The number of nitrogens with one attached hydrogen (secondary N) is 2. The molecule has 0 aliphatic rings. The molecule has 2 rings (SSSR count). The minimum absolute atomic E-state index is 0.287. The Morgan fingerprint density at radius 2 is 2.29 bits per heavy atom. The first-order chi connectivity index (χ1) is 6.70. The van der Waals surface area contributed by atoms with Crippen LogP contribution in [-0.4, -0.2) is 25.0 Å². The van der Waals surface area contributed by atoms with Crippen molar-refractivity contribution in [3.63, 3.8) is 0 Å². The van der Waals surface area contributed by atoms with Gasteiger partial charge in [-0.15, -0.1) is 0 Å². The molecule has 0 aromatic carbocycles. The van der Waals surface area contributed by atoms with E-state index in [4.69, 9.17) is 12.2 Å². The van der Waals surface area contributed by atoms with Crippen LogP contribution in [0.2, 0.25) is 0 Å². The molecule has 0 fully saturated rings. The van der Waals surface area contributed by atoms with E-state index in [-0.39, 0.29) is 5.56 Å². The summed E-state index contributed by atoms with van der Waals surface area (Å²) in [5.41, 5.74) is 0.152. The second-order valence-corrected chi connectivity index (χ2v) is 3.10. The lowest BCUT2D eigenvalue weighted by molar-refractivity contribution is 0.893. The normalized spacial score (nSPS) is 10.4. The molecule has 0 radical (unpaired) electrons. The van der Waals surface area contributed by atoms with Crippen molar-refractivity contribution < 1.29 is 0 Å². The Hall–Kier alpha value is -1.76. The Kier molecular flexibility index (Phi) is 2.01. The first-order valence-corrected chi connectivity index (χ1v) is 4.26. The number of nitrogens with zero attached hydrogens (tertiary/aromatic N) is 3. The molecule has 0 saturated carbocycles. The lowest BCUT2D eigenvalue weighted by Crippen LogP contribution is -2.11. The van der Waals surface area contributed by atoms with Crippen molar-refractivity contribution in [2.45, 2.75) is 0 Å². The molecule has 7 heteroatoms. The molecule has 0 aliphatic heterocycles. The monoisotopic (exact) mass is 209 g/mol. The Morgan fingerprint density at radius 1 is 1.50 bits per heavy atom. The average molecular weight is 209 g/mol. The highest BCUT2D eigenvalue weighted by molar-refractivity contribution is 7.71. The summed E-state index contributed by atoms with van der Waals surface area (Å²) >= 11 is 4.93. The van der Waals surface area contributed by atoms with Gasteiger partial charge in [-0.25, -0.2) is 5.10 Å². The SMILES string of the molecule is Cn1c(-c2ccn[nH]c2=O)n[nH]c1=S. The molecule has 0 aliphatic carbocycles. The van der Waals surface area contributed by atoms with Crippen molar-refractivity contribution in [1.29, 1.82) is 0 Å². The van der Waals surface area contributed by atoms with Gasteiger partial charge < -0.3 is 4.57 Å². The summed E-state index contributed by atoms with van der Waals surface area (Å²) in [7, 11) is 1.74. The molecular weight excluding hydrogens is 202 g/mol. The summed E-state index contributed by atoms with van der Waals surface area (Å²) in [4.78, 5) is 11.4. The quantitative estimate of drug-likeness (QED) is 0.659. The topological polar surface area (TPSA) is 79.4 Å². The van der Waals surface area contributed by atoms with Crippen LogP contribution < -0.4 is 5.56 Å². The molecule has 0 atom stereocenters. The highest BCUT2D eigenvalue weighted by Crippen LogP contribution is 2.08. The van der Waals surface area contributed by atoms with E-state index in [0.717, 1.165) is 0 Å². The first-order valence-electron chi connectivity index (χ1n) is 3.85. The Bertz CT molecular complexity index is 566. The fourth-order valence-corrected chi connectivity index (χ4v) is 1.24. The Balaban J connectivity index is 2.73. The van der Waals surface area contributed by atoms with Gasteiger partial charge in [0.1, 0.15) is 0 Å². The van der Waals surface area contributed by atoms with Crippen LogP contribution >= 0.6 is 12.2 Å². The van der Waals surface area contributed by atoms with Crippen LogP contribution in [0.3, 0.4) is 0 Å². The molecule has 0 bridgehead atoms. The van der Waals surface area contributed by atoms with Gasteiger partial charge in [-0.3, -0.25) is 9.89 Å². The number of aromatic nitrogens is 5. The van der Waals surface area contributed by atoms with Gasteiger partial charge in [0.05, 0.1) is 5.56 Å². The largest absolute Gasteiger partial charge is 0.303 e. The molecule has 72 valence electrons. The number of rotatable bonds is 1. The third-order valence-corrected chi connectivity index (χ3v) is 2.21. The van der Waals surface area contributed by atoms with Crippen molar-refractivity contribution in [1.82, 2.24) is 25.0 Å². The molecule has 2 N–H and O–H groups in total. The van der Waals surface area contributed by atoms with Crippen LogP contribution in [0.4, 0.5) is 0 Å². The van der Waals surface area contributed by atoms with Crippen LogP contribution in [0.5, 0.6) is 0 Å². The third-order valence-electron chi connectivity index (χ3n) is 1.85. The highest BCUT2D eigenvalue weighted by Gasteiger charge is 2.08. The van der Waals surface area contributed by atoms with E-state index in [9.17, 15) is 4.79 Å². The van der Waals surface area contributed by atoms with Crippen LogP contribution in [-0.2, 0) is 7.05 Å². The van der Waals surface area contributed by atoms with Gasteiger partial charge in [0.2, 0.25) is 0 Å². The van der Waals surface area contributed by atoms with Gasteiger partial charge in [0.25, 0.3) is 5.56 Å². The molecular formula is C7H7N5OS. The van der Waals surface area contributed by atoms with Gasteiger partial charge in [-0.2, -0.15) is 10.2 Å². The zero-order valence-electron chi connectivity index (χ0n) is 7.31. The first kappa shape index (κ1) is 8.82. The van der Waals surface area contributed by atoms with Crippen LogP contribution in [0, 0.1) is 4.77 Å². The van der Waals surface area contributed by atoms with Gasteiger partial charge in [-0.05, 0) is 18.3 Å². The van der Waals surface area contributed by atoms with Crippen molar-refractivity contribution in [2.24, 2.45) is 7.05 Å². The third kappa shape index (κ3) is 1.27. The van der Waals surface area contributed by atoms with Crippen molar-refractivity contribution in [2.75, 3.05) is 0 Å². The standard InChI is InChI=1S/C7H7N5OS/c1-12-5(9-11-7(12)14)4-2-3-8-10-6(4)13/h2-3H,1H3,(H,10,13)(H,11,14). The maximum atomic E-state index is 11.4. The molecule has 0 unspecified atom stereocenters. The summed E-state index contributed by atoms with van der Waals surface area (Å²) < 4.78 is 2.09. The molecule has 0 spiro atoms. The second kappa shape index (κ2) is 3.18. The molecule has 0 saturated heterocycles. The summed E-state index contributed by atoms with van der Waals surface area (Å²) in [6.07, 6.45) is 1.49. The van der Waals surface area contributed by atoms with E-state index in [1.165, 1.54) is 6.20 Å². The Morgan fingerprint density at radius 3 is 2.86 bits per heavy atom. The molecule has 2 aromatic rings.